The molecular weight excluding hydrogens is 332 g/mol. The van der Waals surface area contributed by atoms with E-state index in [1.807, 2.05) is 36.4 Å². The van der Waals surface area contributed by atoms with Crippen LogP contribution in [0.1, 0.15) is 24.0 Å². The van der Waals surface area contributed by atoms with E-state index in [1.54, 1.807) is 0 Å². The molecule has 0 aromatic heterocycles. The van der Waals surface area contributed by atoms with Gasteiger partial charge in [0, 0.05) is 11.4 Å². The summed E-state index contributed by atoms with van der Waals surface area (Å²) in [6.07, 6.45) is 2.43. The fraction of sp³-hybridized carbons (Fsp3) is 0.350. The van der Waals surface area contributed by atoms with Gasteiger partial charge in [-0.15, -0.1) is 0 Å². The summed E-state index contributed by atoms with van der Waals surface area (Å²) in [4.78, 5) is 13.0. The van der Waals surface area contributed by atoms with E-state index in [9.17, 15) is 9.90 Å². The molecule has 0 saturated heterocycles. The summed E-state index contributed by atoms with van der Waals surface area (Å²) in [5.74, 6) is 1.45. The van der Waals surface area contributed by atoms with Crippen LogP contribution in [-0.2, 0) is 16.6 Å². The van der Waals surface area contributed by atoms with E-state index in [0.717, 1.165) is 47.5 Å². The molecule has 1 amide bonds. The van der Waals surface area contributed by atoms with Crippen LogP contribution in [0.25, 0.3) is 0 Å². The van der Waals surface area contributed by atoms with Crippen LogP contribution >= 0.6 is 0 Å². The normalized spacial score (nSPS) is 21.0. The number of nitrogens with one attached hydrogen (secondary N) is 2. The Kier molecular flexibility index (Phi) is 3.37. The number of rotatable bonds is 4. The van der Waals surface area contributed by atoms with Crippen LogP contribution in [0.5, 0.6) is 11.5 Å². The second-order valence-corrected chi connectivity index (χ2v) is 7.20. The smallest absolute Gasteiger partial charge is 0.235 e. The lowest BCUT2D eigenvalue weighted by Crippen LogP contribution is -2.27. The predicted molar refractivity (Wildman–Crippen MR) is 96.7 cm³/mol. The molecule has 0 radical (unpaired) electrons. The third-order valence-corrected chi connectivity index (χ3v) is 5.52. The number of hydrogen-bond acceptors (Lipinski definition) is 5. The number of benzene rings is 2. The zero-order valence-corrected chi connectivity index (χ0v) is 14.2. The standard InChI is InChI=1S/C20H20N2O4/c23-10-15-8-12-7-14(2-3-16(12)21-15)22-19(24)20(5-6-20)13-1-4-17-18(9-13)26-11-25-17/h1-4,7,9,15,21,23H,5-6,8,10-11H2,(H,22,24). The molecular formula is C20H20N2O4. The molecule has 5 rings (SSSR count). The summed E-state index contributed by atoms with van der Waals surface area (Å²) in [6, 6.07) is 11.7. The molecule has 26 heavy (non-hydrogen) atoms. The number of aliphatic hydroxyl groups is 1. The molecule has 3 N–H and O–H groups in total. The van der Waals surface area contributed by atoms with Crippen molar-refractivity contribution in [3.05, 3.63) is 47.5 Å². The van der Waals surface area contributed by atoms with E-state index in [4.69, 9.17) is 9.47 Å². The molecule has 3 aliphatic rings. The van der Waals surface area contributed by atoms with Crippen LogP contribution in [0, 0.1) is 0 Å². The Balaban J connectivity index is 1.36. The second kappa shape index (κ2) is 5.64. The topological polar surface area (TPSA) is 79.8 Å². The van der Waals surface area contributed by atoms with E-state index in [1.165, 1.54) is 0 Å². The van der Waals surface area contributed by atoms with Gasteiger partial charge in [-0.2, -0.15) is 0 Å². The SMILES string of the molecule is O=C(Nc1ccc2c(c1)CC(CO)N2)C1(c2ccc3c(c2)OCO3)CC1. The number of ether oxygens (including phenoxy) is 2. The Labute approximate surface area is 151 Å². The maximum absolute atomic E-state index is 13.0. The number of anilines is 2. The minimum absolute atomic E-state index is 0.0148. The lowest BCUT2D eigenvalue weighted by Gasteiger charge is -2.17. The first-order valence-electron chi connectivity index (χ1n) is 8.90. The van der Waals surface area contributed by atoms with Crippen molar-refractivity contribution in [1.82, 2.24) is 0 Å². The molecule has 0 spiro atoms. The fourth-order valence-corrected chi connectivity index (χ4v) is 3.84. The number of carbonyl (C=O) groups is 1. The summed E-state index contributed by atoms with van der Waals surface area (Å²) in [5, 5.41) is 15.6. The first-order chi connectivity index (χ1) is 12.7. The predicted octanol–water partition coefficient (Wildman–Crippen LogP) is 2.41. The zero-order valence-electron chi connectivity index (χ0n) is 14.2. The molecule has 6 nitrogen and oxygen atoms in total. The fourth-order valence-electron chi connectivity index (χ4n) is 3.84. The molecule has 1 fully saturated rings. The Morgan fingerprint density at radius 1 is 1.19 bits per heavy atom. The molecule has 1 unspecified atom stereocenters. The zero-order chi connectivity index (χ0) is 17.7. The third kappa shape index (κ3) is 2.41. The van der Waals surface area contributed by atoms with Crippen molar-refractivity contribution in [2.75, 3.05) is 24.0 Å². The Morgan fingerprint density at radius 3 is 2.85 bits per heavy atom. The Morgan fingerprint density at radius 2 is 2.04 bits per heavy atom. The van der Waals surface area contributed by atoms with Gasteiger partial charge in [0.25, 0.3) is 0 Å². The van der Waals surface area contributed by atoms with Gasteiger partial charge in [0.15, 0.2) is 11.5 Å². The summed E-state index contributed by atoms with van der Waals surface area (Å²) < 4.78 is 10.8. The van der Waals surface area contributed by atoms with Gasteiger partial charge in [0.1, 0.15) is 0 Å². The minimum Gasteiger partial charge on any atom is -0.454 e. The van der Waals surface area contributed by atoms with E-state index >= 15 is 0 Å². The molecule has 1 atom stereocenters. The van der Waals surface area contributed by atoms with Crippen molar-refractivity contribution in [2.45, 2.75) is 30.7 Å². The molecule has 2 aromatic carbocycles. The molecule has 2 aromatic rings. The summed E-state index contributed by atoms with van der Waals surface area (Å²) in [5.41, 5.74) is 3.43. The van der Waals surface area contributed by atoms with Crippen molar-refractivity contribution in [3.63, 3.8) is 0 Å². The summed E-state index contributed by atoms with van der Waals surface area (Å²) in [6.45, 7) is 0.333. The highest BCUT2D eigenvalue weighted by Gasteiger charge is 2.51. The van der Waals surface area contributed by atoms with Crippen LogP contribution < -0.4 is 20.1 Å². The molecule has 1 saturated carbocycles. The highest BCUT2D eigenvalue weighted by Crippen LogP contribution is 2.51. The maximum Gasteiger partial charge on any atom is 0.235 e. The lowest BCUT2D eigenvalue weighted by atomic mass is 9.94. The highest BCUT2D eigenvalue weighted by atomic mass is 16.7. The minimum atomic E-state index is -0.480. The van der Waals surface area contributed by atoms with Crippen LogP contribution in [0.15, 0.2) is 36.4 Å². The van der Waals surface area contributed by atoms with Crippen LogP contribution in [0.2, 0.25) is 0 Å². The quantitative estimate of drug-likeness (QED) is 0.787. The van der Waals surface area contributed by atoms with Crippen molar-refractivity contribution >= 4 is 17.3 Å². The van der Waals surface area contributed by atoms with Crippen molar-refractivity contribution in [3.8, 4) is 11.5 Å². The third-order valence-electron chi connectivity index (χ3n) is 5.52. The molecule has 134 valence electrons. The van der Waals surface area contributed by atoms with Gasteiger partial charge in [-0.25, -0.2) is 0 Å². The molecule has 1 aliphatic carbocycles. The van der Waals surface area contributed by atoms with Gasteiger partial charge in [-0.3, -0.25) is 4.79 Å². The number of aliphatic hydroxyl groups excluding tert-OH is 1. The van der Waals surface area contributed by atoms with Crippen molar-refractivity contribution in [2.24, 2.45) is 0 Å². The monoisotopic (exact) mass is 352 g/mol. The number of amides is 1. The largest absolute Gasteiger partial charge is 0.454 e. The van der Waals surface area contributed by atoms with Crippen molar-refractivity contribution in [1.29, 1.82) is 0 Å². The van der Waals surface area contributed by atoms with Gasteiger partial charge in [0.2, 0.25) is 12.7 Å². The van der Waals surface area contributed by atoms with E-state index < -0.39 is 5.41 Å². The van der Waals surface area contributed by atoms with Gasteiger partial charge in [-0.05, 0) is 60.7 Å². The molecule has 6 heteroatoms. The summed E-state index contributed by atoms with van der Waals surface area (Å²) >= 11 is 0. The molecule has 2 aliphatic heterocycles. The lowest BCUT2D eigenvalue weighted by molar-refractivity contribution is -0.118. The van der Waals surface area contributed by atoms with Gasteiger partial charge in [0.05, 0.1) is 18.1 Å². The molecule has 2 heterocycles. The average Bonchev–Trinajstić information content (AvgIpc) is 3.16. The second-order valence-electron chi connectivity index (χ2n) is 7.20. The van der Waals surface area contributed by atoms with Gasteiger partial charge < -0.3 is 25.2 Å². The van der Waals surface area contributed by atoms with E-state index in [0.29, 0.717) is 5.75 Å². The number of fused-ring (bicyclic) bond motifs is 2. The van der Waals surface area contributed by atoms with E-state index in [-0.39, 0.29) is 25.3 Å². The van der Waals surface area contributed by atoms with Gasteiger partial charge >= 0.3 is 0 Å². The maximum atomic E-state index is 13.0. The van der Waals surface area contributed by atoms with Crippen LogP contribution in [0.4, 0.5) is 11.4 Å². The van der Waals surface area contributed by atoms with Gasteiger partial charge in [-0.1, -0.05) is 6.07 Å². The average molecular weight is 352 g/mol. The van der Waals surface area contributed by atoms with E-state index in [2.05, 4.69) is 10.6 Å². The van der Waals surface area contributed by atoms with Crippen LogP contribution in [-0.4, -0.2) is 30.5 Å². The Hall–Kier alpha value is -2.73. The van der Waals surface area contributed by atoms with Crippen LogP contribution in [0.3, 0.4) is 0 Å². The highest BCUT2D eigenvalue weighted by molar-refractivity contribution is 6.01. The number of carbonyl (C=O) groups excluding carboxylic acids is 1. The first-order valence-corrected chi connectivity index (χ1v) is 8.90. The summed E-state index contributed by atoms with van der Waals surface area (Å²) in [7, 11) is 0. The number of hydrogen-bond donors (Lipinski definition) is 3. The van der Waals surface area contributed by atoms with Crippen molar-refractivity contribution < 1.29 is 19.4 Å². The first kappa shape index (κ1) is 15.5. The molecule has 0 bridgehead atoms. The Bertz CT molecular complexity index is 891.